The number of hydrogen-bond acceptors (Lipinski definition) is 8. The Hall–Kier alpha value is -4.58. The summed E-state index contributed by atoms with van der Waals surface area (Å²) in [5.41, 5.74) is 1.69. The Bertz CT molecular complexity index is 1660. The molecular formula is C35H41N3O8S. The zero-order chi connectivity index (χ0) is 34.0. The number of anilines is 1. The number of aromatic nitrogens is 1. The van der Waals surface area contributed by atoms with Crippen LogP contribution < -0.4 is 10.0 Å². The van der Waals surface area contributed by atoms with Crippen molar-refractivity contribution in [3.05, 3.63) is 89.6 Å². The number of rotatable bonds is 16. The van der Waals surface area contributed by atoms with Crippen LogP contribution >= 0.6 is 0 Å². The summed E-state index contributed by atoms with van der Waals surface area (Å²) < 4.78 is 35.0. The Kier molecular flexibility index (Phi) is 11.9. The van der Waals surface area contributed by atoms with Crippen molar-refractivity contribution in [2.45, 2.75) is 88.3 Å². The van der Waals surface area contributed by atoms with Gasteiger partial charge in [0.05, 0.1) is 6.42 Å². The minimum Gasteiger partial charge on any atom is -0.481 e. The maximum absolute atomic E-state index is 13.7. The van der Waals surface area contributed by atoms with Gasteiger partial charge in [-0.2, -0.15) is 8.42 Å². The number of Topliss-reactive ketones (excluding diaryl/α,β-unsaturated/α-hetero) is 1. The second-order valence-corrected chi connectivity index (χ2v) is 13.5. The van der Waals surface area contributed by atoms with Crippen LogP contribution in [0.15, 0.2) is 78.0 Å². The summed E-state index contributed by atoms with van der Waals surface area (Å²) >= 11 is 0. The SMILES string of the molecule is CCC[C@@]1(CCc2ccccc2)CC(=O)C([C@H](CC)c2cccc(NS(=O)(=O)c3ccc(CNC(=O)CCC(=O)O)cn3)c2)C(=O)O1. The summed E-state index contributed by atoms with van der Waals surface area (Å²) in [6, 6.07) is 19.3. The predicted molar refractivity (Wildman–Crippen MR) is 175 cm³/mol. The Labute approximate surface area is 275 Å². The molecule has 12 heteroatoms. The Morgan fingerprint density at radius 2 is 1.77 bits per heavy atom. The van der Waals surface area contributed by atoms with E-state index in [0.717, 1.165) is 12.0 Å². The van der Waals surface area contributed by atoms with Crippen LogP contribution in [0.25, 0.3) is 0 Å². The highest BCUT2D eigenvalue weighted by molar-refractivity contribution is 7.92. The lowest BCUT2D eigenvalue weighted by atomic mass is 9.74. The first-order valence-electron chi connectivity index (χ1n) is 15.8. The van der Waals surface area contributed by atoms with Crippen LogP contribution in [-0.2, 0) is 46.9 Å². The number of ketones is 1. The molecule has 47 heavy (non-hydrogen) atoms. The van der Waals surface area contributed by atoms with Crippen molar-refractivity contribution >= 4 is 39.3 Å². The van der Waals surface area contributed by atoms with Crippen LogP contribution in [-0.4, -0.2) is 47.7 Å². The fourth-order valence-electron chi connectivity index (χ4n) is 6.02. The summed E-state index contributed by atoms with van der Waals surface area (Å²) in [5.74, 6) is -3.72. The first-order chi connectivity index (χ1) is 22.4. The number of benzene rings is 2. The molecule has 250 valence electrons. The summed E-state index contributed by atoms with van der Waals surface area (Å²) in [4.78, 5) is 53.6. The van der Waals surface area contributed by atoms with Gasteiger partial charge in [0.2, 0.25) is 5.91 Å². The fraction of sp³-hybridized carbons (Fsp3) is 0.400. The molecular weight excluding hydrogens is 622 g/mol. The van der Waals surface area contributed by atoms with Gasteiger partial charge >= 0.3 is 11.9 Å². The highest BCUT2D eigenvalue weighted by Gasteiger charge is 2.48. The number of aryl methyl sites for hydroxylation is 1. The van der Waals surface area contributed by atoms with Crippen LogP contribution in [0.4, 0.5) is 5.69 Å². The molecule has 0 aliphatic carbocycles. The maximum atomic E-state index is 13.7. The van der Waals surface area contributed by atoms with Gasteiger partial charge < -0.3 is 15.2 Å². The van der Waals surface area contributed by atoms with E-state index in [4.69, 9.17) is 9.84 Å². The van der Waals surface area contributed by atoms with Gasteiger partial charge in [0.25, 0.3) is 10.0 Å². The Morgan fingerprint density at radius 3 is 2.40 bits per heavy atom. The third-order valence-corrected chi connectivity index (χ3v) is 9.67. The monoisotopic (exact) mass is 663 g/mol. The van der Waals surface area contributed by atoms with Crippen LogP contribution in [0.5, 0.6) is 0 Å². The average Bonchev–Trinajstić information content (AvgIpc) is 3.04. The number of esters is 1. The van der Waals surface area contributed by atoms with E-state index >= 15 is 0 Å². The molecule has 4 rings (SSSR count). The molecule has 1 aromatic heterocycles. The summed E-state index contributed by atoms with van der Waals surface area (Å²) in [6.07, 6.45) is 4.06. The molecule has 3 atom stereocenters. The molecule has 1 aliphatic heterocycles. The van der Waals surface area contributed by atoms with E-state index < -0.39 is 45.3 Å². The van der Waals surface area contributed by atoms with Crippen molar-refractivity contribution < 1.29 is 37.4 Å². The second kappa shape index (κ2) is 15.8. The lowest BCUT2D eigenvalue weighted by molar-refractivity contribution is -0.180. The lowest BCUT2D eigenvalue weighted by Gasteiger charge is -2.40. The van der Waals surface area contributed by atoms with Gasteiger partial charge in [0.15, 0.2) is 10.8 Å². The number of carboxylic acids is 1. The molecule has 1 saturated heterocycles. The van der Waals surface area contributed by atoms with Crippen LogP contribution in [0.1, 0.15) is 81.4 Å². The van der Waals surface area contributed by atoms with Crippen molar-refractivity contribution in [2.24, 2.45) is 5.92 Å². The first-order valence-corrected chi connectivity index (χ1v) is 17.3. The van der Waals surface area contributed by atoms with E-state index in [9.17, 15) is 27.6 Å². The zero-order valence-electron chi connectivity index (χ0n) is 26.6. The third-order valence-electron chi connectivity index (χ3n) is 8.37. The Balaban J connectivity index is 1.43. The summed E-state index contributed by atoms with van der Waals surface area (Å²) in [6.45, 7) is 3.95. The second-order valence-electron chi connectivity index (χ2n) is 11.9. The van der Waals surface area contributed by atoms with Crippen LogP contribution in [0.3, 0.4) is 0 Å². The molecule has 0 spiro atoms. The van der Waals surface area contributed by atoms with Crippen LogP contribution in [0.2, 0.25) is 0 Å². The molecule has 11 nitrogen and oxygen atoms in total. The van der Waals surface area contributed by atoms with E-state index in [0.29, 0.717) is 36.8 Å². The number of carbonyl (C=O) groups excluding carboxylic acids is 3. The summed E-state index contributed by atoms with van der Waals surface area (Å²) in [5, 5.41) is 11.0. The van der Waals surface area contributed by atoms with Gasteiger partial charge in [0.1, 0.15) is 11.5 Å². The van der Waals surface area contributed by atoms with Crippen molar-refractivity contribution in [1.29, 1.82) is 0 Å². The molecule has 1 unspecified atom stereocenters. The fourth-order valence-corrected chi connectivity index (χ4v) is 7.01. The molecule has 3 N–H and O–H groups in total. The number of ether oxygens (including phenoxy) is 1. The topological polar surface area (TPSA) is 169 Å². The molecule has 3 aromatic rings. The van der Waals surface area contributed by atoms with E-state index in [1.54, 1.807) is 24.3 Å². The number of pyridine rings is 1. The number of nitrogens with zero attached hydrogens (tertiary/aromatic N) is 1. The van der Waals surface area contributed by atoms with Crippen molar-refractivity contribution in [2.75, 3.05) is 4.72 Å². The van der Waals surface area contributed by atoms with Crippen molar-refractivity contribution in [3.63, 3.8) is 0 Å². The molecule has 0 radical (unpaired) electrons. The number of hydrogen-bond donors (Lipinski definition) is 3. The first kappa shape index (κ1) is 35.3. The van der Waals surface area contributed by atoms with E-state index in [-0.39, 0.29) is 42.3 Å². The lowest BCUT2D eigenvalue weighted by Crippen LogP contribution is -2.49. The smallest absolute Gasteiger partial charge is 0.317 e. The standard InChI is InChI=1S/C35H41N3O8S/c1-3-18-35(19-17-24-9-6-5-7-10-24)21-29(39)33(34(43)46-35)28(4-2)26-11-8-12-27(20-26)38-47(44,45)31-15-13-25(23-37-31)22-36-30(40)14-16-32(41)42/h5-13,15,20,23,28,33,38H,3-4,14,16-19,21-22H2,1-2H3,(H,36,40)(H,41,42)/t28-,33?,35-/m1/s1. The van der Waals surface area contributed by atoms with Gasteiger partial charge in [-0.25, -0.2) is 4.98 Å². The largest absolute Gasteiger partial charge is 0.481 e. The van der Waals surface area contributed by atoms with Crippen molar-refractivity contribution in [3.8, 4) is 0 Å². The van der Waals surface area contributed by atoms with Crippen LogP contribution in [0, 0.1) is 5.92 Å². The van der Waals surface area contributed by atoms with E-state index in [2.05, 4.69) is 15.0 Å². The zero-order valence-corrected chi connectivity index (χ0v) is 27.4. The number of amides is 1. The molecule has 1 aliphatic rings. The number of cyclic esters (lactones) is 1. The summed E-state index contributed by atoms with van der Waals surface area (Å²) in [7, 11) is -4.10. The molecule has 1 amide bonds. The highest BCUT2D eigenvalue weighted by atomic mass is 32.2. The molecule has 0 saturated carbocycles. The van der Waals surface area contributed by atoms with E-state index in [1.165, 1.54) is 18.3 Å². The third kappa shape index (κ3) is 9.47. The Morgan fingerprint density at radius 1 is 1.00 bits per heavy atom. The van der Waals surface area contributed by atoms with E-state index in [1.807, 2.05) is 44.2 Å². The van der Waals surface area contributed by atoms with Crippen molar-refractivity contribution in [1.82, 2.24) is 10.3 Å². The van der Waals surface area contributed by atoms with Gasteiger partial charge in [-0.3, -0.25) is 23.9 Å². The minimum absolute atomic E-state index is 0.0641. The number of carboxylic acid groups (broad SMARTS) is 1. The van der Waals surface area contributed by atoms with Gasteiger partial charge in [0, 0.05) is 37.2 Å². The van der Waals surface area contributed by atoms with Gasteiger partial charge in [-0.1, -0.05) is 68.8 Å². The maximum Gasteiger partial charge on any atom is 0.317 e. The normalized spacial score (nSPS) is 18.6. The van der Waals surface area contributed by atoms with Gasteiger partial charge in [-0.15, -0.1) is 0 Å². The molecule has 2 heterocycles. The number of sulfonamides is 1. The number of carbonyl (C=O) groups is 4. The highest BCUT2D eigenvalue weighted by Crippen LogP contribution is 2.41. The number of aliphatic carboxylic acids is 1. The molecule has 0 bridgehead atoms. The minimum atomic E-state index is -4.10. The molecule has 1 fully saturated rings. The predicted octanol–water partition coefficient (Wildman–Crippen LogP) is 5.16. The average molecular weight is 664 g/mol. The number of nitrogens with one attached hydrogen (secondary N) is 2. The molecule has 2 aromatic carbocycles. The quantitative estimate of drug-likeness (QED) is 0.138. The van der Waals surface area contributed by atoms with Gasteiger partial charge in [-0.05, 0) is 60.6 Å².